The fourth-order valence-corrected chi connectivity index (χ4v) is 0.906. The van der Waals surface area contributed by atoms with E-state index in [-0.39, 0.29) is 18.9 Å². The molecule has 0 aliphatic rings. The van der Waals surface area contributed by atoms with Crippen molar-refractivity contribution < 1.29 is 0 Å². The maximum absolute atomic E-state index is 2.17. The molecule has 0 amide bonds. The molecule has 0 atom stereocenters. The molecule has 0 aromatic heterocycles. The second-order valence-electron chi connectivity index (χ2n) is 2.73. The minimum atomic E-state index is 0. The van der Waals surface area contributed by atoms with Crippen LogP contribution < -0.4 is 4.90 Å². The molecular formula is C9H14LiN. The van der Waals surface area contributed by atoms with Crippen molar-refractivity contribution in [2.45, 2.75) is 6.92 Å². The van der Waals surface area contributed by atoms with Crippen LogP contribution in [0.3, 0.4) is 0 Å². The molecule has 2 heteroatoms. The third-order valence-electron chi connectivity index (χ3n) is 1.52. The van der Waals surface area contributed by atoms with Gasteiger partial charge < -0.3 is 4.90 Å². The molecule has 0 aliphatic carbocycles. The van der Waals surface area contributed by atoms with Crippen molar-refractivity contribution in [3.8, 4) is 0 Å². The Kier molecular flexibility index (Phi) is 4.33. The zero-order valence-corrected chi connectivity index (χ0v) is 6.76. The molecule has 0 radical (unpaired) electrons. The van der Waals surface area contributed by atoms with Gasteiger partial charge in [0, 0.05) is 19.8 Å². The number of nitrogens with zero attached hydrogens (tertiary/aromatic N) is 1. The van der Waals surface area contributed by atoms with Gasteiger partial charge in [0.05, 0.1) is 0 Å². The summed E-state index contributed by atoms with van der Waals surface area (Å²) in [5, 5.41) is 0. The third-order valence-corrected chi connectivity index (χ3v) is 1.52. The second kappa shape index (κ2) is 4.49. The van der Waals surface area contributed by atoms with Crippen molar-refractivity contribution >= 4 is 24.5 Å². The Balaban J connectivity index is 0.000001000. The van der Waals surface area contributed by atoms with Gasteiger partial charge in [-0.15, -0.1) is 0 Å². The summed E-state index contributed by atoms with van der Waals surface area (Å²) in [7, 11) is 4.10. The van der Waals surface area contributed by atoms with E-state index in [0.717, 1.165) is 0 Å². The van der Waals surface area contributed by atoms with E-state index in [2.05, 4.69) is 50.2 Å². The van der Waals surface area contributed by atoms with Gasteiger partial charge in [0.25, 0.3) is 0 Å². The fraction of sp³-hybridized carbons (Fsp3) is 0.333. The Morgan fingerprint density at radius 3 is 2.18 bits per heavy atom. The Hall–Kier alpha value is -0.383. The molecule has 0 fully saturated rings. The van der Waals surface area contributed by atoms with Crippen LogP contribution in [0, 0.1) is 6.92 Å². The molecule has 1 rings (SSSR count). The van der Waals surface area contributed by atoms with E-state index in [4.69, 9.17) is 0 Å². The van der Waals surface area contributed by atoms with Gasteiger partial charge >= 0.3 is 18.9 Å². The molecule has 1 aromatic carbocycles. The first-order chi connectivity index (χ1) is 4.70. The van der Waals surface area contributed by atoms with Crippen molar-refractivity contribution in [3.63, 3.8) is 0 Å². The van der Waals surface area contributed by atoms with Crippen LogP contribution in [0.4, 0.5) is 5.69 Å². The Morgan fingerprint density at radius 2 is 1.82 bits per heavy atom. The zero-order valence-electron chi connectivity index (χ0n) is 6.76. The van der Waals surface area contributed by atoms with Crippen LogP contribution in [-0.4, -0.2) is 33.0 Å². The average Bonchev–Trinajstić information content (AvgIpc) is 1.88. The van der Waals surface area contributed by atoms with Crippen LogP contribution in [0.5, 0.6) is 0 Å². The summed E-state index contributed by atoms with van der Waals surface area (Å²) >= 11 is 0. The van der Waals surface area contributed by atoms with Crippen LogP contribution in [0.15, 0.2) is 24.3 Å². The first-order valence-corrected chi connectivity index (χ1v) is 3.44. The number of aryl methyl sites for hydroxylation is 1. The first kappa shape index (κ1) is 10.6. The standard InChI is InChI=1S/C9H13N.Li.H/c1-8-5-4-6-9(7-8)10(2)3;;/h4-7H,1-3H3;;. The van der Waals surface area contributed by atoms with E-state index >= 15 is 0 Å². The van der Waals surface area contributed by atoms with Crippen molar-refractivity contribution in [1.29, 1.82) is 0 Å². The van der Waals surface area contributed by atoms with Gasteiger partial charge in [0.15, 0.2) is 0 Å². The monoisotopic (exact) mass is 143 g/mol. The molecular weight excluding hydrogens is 129 g/mol. The average molecular weight is 143 g/mol. The topological polar surface area (TPSA) is 3.24 Å². The molecule has 0 aliphatic heterocycles. The number of hydrogen-bond donors (Lipinski definition) is 0. The summed E-state index contributed by atoms with van der Waals surface area (Å²) in [6.45, 7) is 2.10. The molecule has 0 heterocycles. The van der Waals surface area contributed by atoms with Crippen molar-refractivity contribution in [2.24, 2.45) is 0 Å². The second-order valence-corrected chi connectivity index (χ2v) is 2.73. The summed E-state index contributed by atoms with van der Waals surface area (Å²) in [5.41, 5.74) is 2.58. The van der Waals surface area contributed by atoms with E-state index in [1.165, 1.54) is 11.3 Å². The SMILES string of the molecule is Cc1cccc(N(C)C)c1.[LiH]. The number of benzene rings is 1. The van der Waals surface area contributed by atoms with Crippen LogP contribution in [0.25, 0.3) is 0 Å². The van der Waals surface area contributed by atoms with Gasteiger partial charge in [-0.3, -0.25) is 0 Å². The number of hydrogen-bond acceptors (Lipinski definition) is 1. The molecule has 11 heavy (non-hydrogen) atoms. The van der Waals surface area contributed by atoms with Gasteiger partial charge in [0.2, 0.25) is 0 Å². The van der Waals surface area contributed by atoms with Gasteiger partial charge in [-0.05, 0) is 24.6 Å². The Morgan fingerprint density at radius 1 is 1.18 bits per heavy atom. The maximum atomic E-state index is 2.17. The van der Waals surface area contributed by atoms with Gasteiger partial charge in [-0.1, -0.05) is 12.1 Å². The summed E-state index contributed by atoms with van der Waals surface area (Å²) in [6, 6.07) is 8.45. The van der Waals surface area contributed by atoms with E-state index in [0.29, 0.717) is 0 Å². The summed E-state index contributed by atoms with van der Waals surface area (Å²) in [5.74, 6) is 0. The molecule has 0 saturated heterocycles. The normalized spacial score (nSPS) is 8.64. The van der Waals surface area contributed by atoms with Gasteiger partial charge in [-0.25, -0.2) is 0 Å². The Labute approximate surface area is 80.6 Å². The summed E-state index contributed by atoms with van der Waals surface area (Å²) in [6.07, 6.45) is 0. The van der Waals surface area contributed by atoms with Crippen LogP contribution in [-0.2, 0) is 0 Å². The van der Waals surface area contributed by atoms with Crippen molar-refractivity contribution in [1.82, 2.24) is 0 Å². The van der Waals surface area contributed by atoms with Crippen LogP contribution >= 0.6 is 0 Å². The summed E-state index contributed by atoms with van der Waals surface area (Å²) in [4.78, 5) is 2.10. The van der Waals surface area contributed by atoms with Crippen molar-refractivity contribution in [3.05, 3.63) is 29.8 Å². The van der Waals surface area contributed by atoms with E-state index in [1.807, 2.05) is 0 Å². The Bertz CT molecular complexity index is 221. The predicted molar refractivity (Wildman–Crippen MR) is 52.7 cm³/mol. The fourth-order valence-electron chi connectivity index (χ4n) is 0.906. The zero-order chi connectivity index (χ0) is 7.56. The van der Waals surface area contributed by atoms with E-state index in [9.17, 15) is 0 Å². The van der Waals surface area contributed by atoms with Gasteiger partial charge in [0.1, 0.15) is 0 Å². The number of anilines is 1. The summed E-state index contributed by atoms with van der Waals surface area (Å²) < 4.78 is 0. The molecule has 0 bridgehead atoms. The molecule has 0 N–H and O–H groups in total. The minimum absolute atomic E-state index is 0. The molecule has 0 unspecified atom stereocenters. The van der Waals surface area contributed by atoms with Crippen LogP contribution in [0.1, 0.15) is 5.56 Å². The van der Waals surface area contributed by atoms with E-state index < -0.39 is 0 Å². The van der Waals surface area contributed by atoms with Gasteiger partial charge in [-0.2, -0.15) is 0 Å². The quantitative estimate of drug-likeness (QED) is 0.537. The molecule has 0 spiro atoms. The van der Waals surface area contributed by atoms with Crippen LogP contribution in [0.2, 0.25) is 0 Å². The third kappa shape index (κ3) is 3.01. The molecule has 1 aromatic rings. The first-order valence-electron chi connectivity index (χ1n) is 3.44. The predicted octanol–water partition coefficient (Wildman–Crippen LogP) is 1.41. The number of rotatable bonds is 1. The molecule has 0 saturated carbocycles. The van der Waals surface area contributed by atoms with Crippen molar-refractivity contribution in [2.75, 3.05) is 19.0 Å². The molecule has 1 nitrogen and oxygen atoms in total. The molecule has 56 valence electrons. The van der Waals surface area contributed by atoms with E-state index in [1.54, 1.807) is 0 Å².